The average molecular weight is 452 g/mol. The molecule has 0 bridgehead atoms. The first-order valence-corrected chi connectivity index (χ1v) is 9.56. The molecule has 166 valence electrons. The number of alkyl halides is 3. The van der Waals surface area contributed by atoms with Crippen molar-refractivity contribution in [3.05, 3.63) is 100 Å². The van der Waals surface area contributed by atoms with Crippen molar-refractivity contribution in [3.63, 3.8) is 0 Å². The Morgan fingerprint density at radius 1 is 0.879 bits per heavy atom. The van der Waals surface area contributed by atoms with Crippen molar-refractivity contribution in [1.29, 1.82) is 0 Å². The van der Waals surface area contributed by atoms with Crippen LogP contribution in [0.25, 0.3) is 28.1 Å². The van der Waals surface area contributed by atoms with Crippen molar-refractivity contribution in [2.24, 2.45) is 5.73 Å². The Labute approximate surface area is 185 Å². The van der Waals surface area contributed by atoms with Gasteiger partial charge in [0.2, 0.25) is 5.91 Å². The predicted molar refractivity (Wildman–Crippen MR) is 115 cm³/mol. The van der Waals surface area contributed by atoms with Crippen LogP contribution in [0.1, 0.15) is 16.1 Å². The maximum Gasteiger partial charge on any atom is 0.435 e. The smallest absolute Gasteiger partial charge is 0.366 e. The maximum absolute atomic E-state index is 13.4. The molecule has 3 aromatic carbocycles. The van der Waals surface area contributed by atoms with E-state index in [1.54, 1.807) is 36.4 Å². The summed E-state index contributed by atoms with van der Waals surface area (Å²) in [6, 6.07) is 19.3. The van der Waals surface area contributed by atoms with Crippen molar-refractivity contribution < 1.29 is 22.9 Å². The quantitative estimate of drug-likeness (QED) is 0.331. The number of nitrogens with two attached hydrogens (primary N) is 1. The fourth-order valence-electron chi connectivity index (χ4n) is 3.30. The molecule has 2 N–H and O–H groups in total. The molecule has 1 heterocycles. The molecule has 0 aliphatic heterocycles. The van der Waals surface area contributed by atoms with Gasteiger partial charge in [0.05, 0.1) is 16.3 Å². The Balaban J connectivity index is 1.74. The largest absolute Gasteiger partial charge is 0.435 e. The summed E-state index contributed by atoms with van der Waals surface area (Å²) < 4.78 is 41.3. The molecule has 0 fully saturated rings. The summed E-state index contributed by atoms with van der Waals surface area (Å²) in [7, 11) is 0. The number of carbonyl (C=O) groups excluding carboxylic acids is 1. The third-order valence-corrected chi connectivity index (χ3v) is 4.99. The second kappa shape index (κ2) is 8.23. The fraction of sp³-hybridized carbons (Fsp3) is 0.0435. The van der Waals surface area contributed by atoms with E-state index in [0.717, 1.165) is 21.9 Å². The second-order valence-electron chi connectivity index (χ2n) is 7.12. The summed E-state index contributed by atoms with van der Waals surface area (Å²) in [5.74, 6) is -0.653. The molecule has 10 heteroatoms. The lowest BCUT2D eigenvalue weighted by molar-refractivity contribution is -0.384. The van der Waals surface area contributed by atoms with Crippen LogP contribution in [0.3, 0.4) is 0 Å². The highest BCUT2D eigenvalue weighted by molar-refractivity contribution is 5.92. The summed E-state index contributed by atoms with van der Waals surface area (Å²) in [4.78, 5) is 21.6. The zero-order valence-corrected chi connectivity index (χ0v) is 16.8. The predicted octanol–water partition coefficient (Wildman–Crippen LogP) is 5.23. The summed E-state index contributed by atoms with van der Waals surface area (Å²) in [5, 5.41) is 14.5. The first kappa shape index (κ1) is 21.8. The number of halogens is 3. The number of hydrogen-bond donors (Lipinski definition) is 1. The zero-order chi connectivity index (χ0) is 23.8. The van der Waals surface area contributed by atoms with Gasteiger partial charge in [-0.2, -0.15) is 18.3 Å². The minimum Gasteiger partial charge on any atom is -0.366 e. The van der Waals surface area contributed by atoms with E-state index in [-0.39, 0.29) is 16.9 Å². The molecule has 0 aliphatic rings. The van der Waals surface area contributed by atoms with Crippen LogP contribution >= 0.6 is 0 Å². The first-order valence-electron chi connectivity index (χ1n) is 9.56. The summed E-state index contributed by atoms with van der Waals surface area (Å²) in [6.07, 6.45) is -4.65. The number of hydrogen-bond acceptors (Lipinski definition) is 4. The topological polar surface area (TPSA) is 104 Å². The van der Waals surface area contributed by atoms with Gasteiger partial charge in [-0.3, -0.25) is 14.9 Å². The molecule has 0 spiro atoms. The Hall–Kier alpha value is -4.47. The molecule has 0 aliphatic carbocycles. The number of benzene rings is 3. The van der Waals surface area contributed by atoms with Crippen LogP contribution in [-0.4, -0.2) is 20.6 Å². The van der Waals surface area contributed by atoms with E-state index in [1.165, 1.54) is 36.4 Å². The number of nitro groups is 1. The van der Waals surface area contributed by atoms with Crippen molar-refractivity contribution in [2.45, 2.75) is 6.18 Å². The van der Waals surface area contributed by atoms with Crippen LogP contribution in [0.2, 0.25) is 0 Å². The van der Waals surface area contributed by atoms with Gasteiger partial charge in [-0.1, -0.05) is 24.3 Å². The van der Waals surface area contributed by atoms with Gasteiger partial charge in [0.15, 0.2) is 5.69 Å². The molecular formula is C23H15F3N4O3. The third kappa shape index (κ3) is 4.45. The van der Waals surface area contributed by atoms with Gasteiger partial charge in [0.1, 0.15) is 0 Å². The zero-order valence-electron chi connectivity index (χ0n) is 16.8. The van der Waals surface area contributed by atoms with Gasteiger partial charge in [0, 0.05) is 23.3 Å². The molecule has 1 aromatic heterocycles. The Morgan fingerprint density at radius 2 is 1.39 bits per heavy atom. The van der Waals surface area contributed by atoms with Crippen molar-refractivity contribution in [2.75, 3.05) is 0 Å². The van der Waals surface area contributed by atoms with Gasteiger partial charge in [-0.15, -0.1) is 0 Å². The number of nitro benzene ring substituents is 1. The van der Waals surface area contributed by atoms with E-state index in [4.69, 9.17) is 5.73 Å². The monoisotopic (exact) mass is 452 g/mol. The number of nitrogens with zero attached hydrogens (tertiary/aromatic N) is 3. The molecule has 0 atom stereocenters. The van der Waals surface area contributed by atoms with Crippen LogP contribution in [0.15, 0.2) is 78.9 Å². The highest BCUT2D eigenvalue weighted by atomic mass is 19.4. The van der Waals surface area contributed by atoms with Crippen LogP contribution in [0.5, 0.6) is 0 Å². The highest BCUT2D eigenvalue weighted by Crippen LogP contribution is 2.34. The number of carbonyl (C=O) groups is 1. The van der Waals surface area contributed by atoms with E-state index in [2.05, 4.69) is 5.10 Å². The Bertz CT molecular complexity index is 1330. The standard InChI is InChI=1S/C23H15F3N4O3/c24-23(25,26)21-13-20(29(28-21)18-9-7-17(8-10-18)22(27)31)16-3-1-14(2-4-16)15-5-11-19(12-6-15)30(32)33/h1-13H,(H2,27,31). The fourth-order valence-corrected chi connectivity index (χ4v) is 3.30. The first-order chi connectivity index (χ1) is 15.6. The second-order valence-corrected chi connectivity index (χ2v) is 7.12. The summed E-state index contributed by atoms with van der Waals surface area (Å²) in [6.45, 7) is 0. The normalized spacial score (nSPS) is 11.4. The molecule has 0 unspecified atom stereocenters. The number of non-ortho nitro benzene ring substituents is 1. The van der Waals surface area contributed by atoms with E-state index in [9.17, 15) is 28.1 Å². The molecule has 33 heavy (non-hydrogen) atoms. The van der Waals surface area contributed by atoms with E-state index >= 15 is 0 Å². The maximum atomic E-state index is 13.4. The lowest BCUT2D eigenvalue weighted by Crippen LogP contribution is -2.11. The van der Waals surface area contributed by atoms with Crippen LogP contribution < -0.4 is 5.73 Å². The lowest BCUT2D eigenvalue weighted by atomic mass is 10.0. The molecule has 7 nitrogen and oxygen atoms in total. The molecule has 0 radical (unpaired) electrons. The summed E-state index contributed by atoms with van der Waals surface area (Å²) in [5.41, 5.74) is 6.80. The van der Waals surface area contributed by atoms with Crippen LogP contribution in [0, 0.1) is 10.1 Å². The van der Waals surface area contributed by atoms with Crippen molar-refractivity contribution in [1.82, 2.24) is 9.78 Å². The minimum absolute atomic E-state index is 0.0405. The molecular weight excluding hydrogens is 437 g/mol. The average Bonchev–Trinajstić information content (AvgIpc) is 3.25. The highest BCUT2D eigenvalue weighted by Gasteiger charge is 2.35. The number of amides is 1. The van der Waals surface area contributed by atoms with Gasteiger partial charge in [-0.05, 0) is 53.6 Å². The SMILES string of the molecule is NC(=O)c1ccc(-n2nc(C(F)(F)F)cc2-c2ccc(-c3ccc([N+](=O)[O-])cc3)cc2)cc1. The van der Waals surface area contributed by atoms with Gasteiger partial charge in [-0.25, -0.2) is 4.68 Å². The molecule has 4 aromatic rings. The number of primary amides is 1. The van der Waals surface area contributed by atoms with E-state index in [0.29, 0.717) is 11.3 Å². The Morgan fingerprint density at radius 3 is 1.88 bits per heavy atom. The Kier molecular flexibility index (Phi) is 5.42. The van der Waals surface area contributed by atoms with Crippen LogP contribution in [0.4, 0.5) is 18.9 Å². The molecule has 1 amide bonds. The van der Waals surface area contributed by atoms with E-state index < -0.39 is 22.7 Å². The van der Waals surface area contributed by atoms with Gasteiger partial charge < -0.3 is 5.73 Å². The summed E-state index contributed by atoms with van der Waals surface area (Å²) >= 11 is 0. The van der Waals surface area contributed by atoms with E-state index in [1.807, 2.05) is 0 Å². The lowest BCUT2D eigenvalue weighted by Gasteiger charge is -2.09. The molecule has 0 saturated carbocycles. The minimum atomic E-state index is -4.65. The van der Waals surface area contributed by atoms with Gasteiger partial charge in [0.25, 0.3) is 5.69 Å². The number of aromatic nitrogens is 2. The molecule has 4 rings (SSSR count). The van der Waals surface area contributed by atoms with Crippen molar-refractivity contribution >= 4 is 11.6 Å². The van der Waals surface area contributed by atoms with Gasteiger partial charge >= 0.3 is 6.18 Å². The number of rotatable bonds is 5. The molecule has 0 saturated heterocycles. The van der Waals surface area contributed by atoms with Crippen molar-refractivity contribution in [3.8, 4) is 28.1 Å². The van der Waals surface area contributed by atoms with Crippen LogP contribution in [-0.2, 0) is 6.18 Å². The third-order valence-electron chi connectivity index (χ3n) is 4.99.